The standard InChI is InChI=1S/C20H19NO4/c22-18-20(17(25-18)16-10-5-2-6-11-16)12-7-13-21(20)19(23)24-14-15-8-3-1-4-9-15/h1-6,8-11,17H,7,12-14H2/t17-,20-/m0/s1. The summed E-state index contributed by atoms with van der Waals surface area (Å²) < 4.78 is 10.9. The number of amides is 1. The minimum Gasteiger partial charge on any atom is -0.452 e. The molecule has 2 atom stereocenters. The van der Waals surface area contributed by atoms with E-state index in [1.54, 1.807) is 4.90 Å². The summed E-state index contributed by atoms with van der Waals surface area (Å²) in [6, 6.07) is 19.1. The van der Waals surface area contributed by atoms with Gasteiger partial charge in [-0.05, 0) is 24.0 Å². The van der Waals surface area contributed by atoms with Crippen molar-refractivity contribution in [2.75, 3.05) is 6.54 Å². The minimum atomic E-state index is -0.922. The molecule has 25 heavy (non-hydrogen) atoms. The van der Waals surface area contributed by atoms with Crippen LogP contribution in [0.2, 0.25) is 0 Å². The average molecular weight is 337 g/mol. The van der Waals surface area contributed by atoms with Crippen molar-refractivity contribution in [2.24, 2.45) is 0 Å². The number of likely N-dealkylation sites (tertiary alicyclic amines) is 1. The lowest BCUT2D eigenvalue weighted by Gasteiger charge is -2.48. The molecular weight excluding hydrogens is 318 g/mol. The Bertz CT molecular complexity index is 777. The predicted octanol–water partition coefficient (Wildman–Crippen LogP) is 3.46. The van der Waals surface area contributed by atoms with Crippen molar-refractivity contribution in [2.45, 2.75) is 31.1 Å². The third-order valence-electron chi connectivity index (χ3n) is 4.96. The largest absolute Gasteiger partial charge is 0.452 e. The second-order valence-electron chi connectivity index (χ2n) is 6.42. The Balaban J connectivity index is 1.53. The molecule has 0 bridgehead atoms. The van der Waals surface area contributed by atoms with Crippen LogP contribution in [-0.4, -0.2) is 29.0 Å². The molecule has 0 saturated carbocycles. The molecule has 2 aromatic carbocycles. The molecule has 1 amide bonds. The molecule has 1 spiro atoms. The molecule has 2 aliphatic heterocycles. The number of hydrogen-bond acceptors (Lipinski definition) is 4. The Labute approximate surface area is 146 Å². The van der Waals surface area contributed by atoms with Crippen molar-refractivity contribution in [3.63, 3.8) is 0 Å². The Kier molecular flexibility index (Phi) is 3.92. The van der Waals surface area contributed by atoms with Crippen LogP contribution >= 0.6 is 0 Å². The van der Waals surface area contributed by atoms with Crippen LogP contribution in [0.1, 0.15) is 30.1 Å². The maximum Gasteiger partial charge on any atom is 0.411 e. The monoisotopic (exact) mass is 337 g/mol. The van der Waals surface area contributed by atoms with Gasteiger partial charge in [-0.15, -0.1) is 0 Å². The SMILES string of the molecule is O=C(OCc1ccccc1)N1CCC[C@]12C(=O)O[C@H]2c1ccccc1. The number of rotatable bonds is 3. The van der Waals surface area contributed by atoms with Crippen LogP contribution in [0.3, 0.4) is 0 Å². The second kappa shape index (κ2) is 6.24. The third-order valence-corrected chi connectivity index (χ3v) is 4.96. The van der Waals surface area contributed by atoms with Crippen LogP contribution < -0.4 is 0 Å². The van der Waals surface area contributed by atoms with E-state index < -0.39 is 17.7 Å². The van der Waals surface area contributed by atoms with Gasteiger partial charge in [0, 0.05) is 6.54 Å². The van der Waals surface area contributed by atoms with Gasteiger partial charge in [0.15, 0.2) is 11.6 Å². The smallest absolute Gasteiger partial charge is 0.411 e. The van der Waals surface area contributed by atoms with Crippen LogP contribution in [0.25, 0.3) is 0 Å². The molecule has 0 radical (unpaired) electrons. The summed E-state index contributed by atoms with van der Waals surface area (Å²) in [5, 5.41) is 0. The predicted molar refractivity (Wildman–Crippen MR) is 90.6 cm³/mol. The summed E-state index contributed by atoms with van der Waals surface area (Å²) in [5.74, 6) is -0.337. The molecule has 5 nitrogen and oxygen atoms in total. The van der Waals surface area contributed by atoms with Gasteiger partial charge in [0.25, 0.3) is 0 Å². The number of hydrogen-bond donors (Lipinski definition) is 0. The Morgan fingerprint density at radius 3 is 2.48 bits per heavy atom. The fourth-order valence-electron chi connectivity index (χ4n) is 3.70. The number of ether oxygens (including phenoxy) is 2. The van der Waals surface area contributed by atoms with Gasteiger partial charge in [-0.3, -0.25) is 4.90 Å². The van der Waals surface area contributed by atoms with Gasteiger partial charge in [-0.2, -0.15) is 0 Å². The zero-order valence-electron chi connectivity index (χ0n) is 13.8. The lowest BCUT2D eigenvalue weighted by atomic mass is 9.80. The molecule has 2 fully saturated rings. The fraction of sp³-hybridized carbons (Fsp3) is 0.300. The maximum absolute atomic E-state index is 12.6. The van der Waals surface area contributed by atoms with Gasteiger partial charge < -0.3 is 9.47 Å². The van der Waals surface area contributed by atoms with E-state index in [1.165, 1.54) is 0 Å². The van der Waals surface area contributed by atoms with Crippen LogP contribution in [0.4, 0.5) is 4.79 Å². The van der Waals surface area contributed by atoms with Crippen LogP contribution in [0, 0.1) is 0 Å². The summed E-state index contributed by atoms with van der Waals surface area (Å²) in [6.45, 7) is 0.698. The van der Waals surface area contributed by atoms with E-state index in [0.717, 1.165) is 17.5 Å². The van der Waals surface area contributed by atoms with Gasteiger partial charge in [0.05, 0.1) is 0 Å². The molecule has 4 rings (SSSR count). The average Bonchev–Trinajstić information content (AvgIpc) is 3.14. The van der Waals surface area contributed by atoms with Crippen molar-refractivity contribution in [1.29, 1.82) is 0 Å². The zero-order valence-corrected chi connectivity index (χ0v) is 13.8. The zero-order chi connectivity index (χ0) is 17.3. The van der Waals surface area contributed by atoms with Gasteiger partial charge in [-0.1, -0.05) is 60.7 Å². The van der Waals surface area contributed by atoms with E-state index in [9.17, 15) is 9.59 Å². The summed E-state index contributed by atoms with van der Waals surface area (Å²) >= 11 is 0. The number of carbonyl (C=O) groups is 2. The molecular formula is C20H19NO4. The minimum absolute atomic E-state index is 0.192. The summed E-state index contributed by atoms with van der Waals surface area (Å²) in [4.78, 5) is 26.6. The van der Waals surface area contributed by atoms with Crippen molar-refractivity contribution < 1.29 is 19.1 Å². The highest BCUT2D eigenvalue weighted by atomic mass is 16.6. The van der Waals surface area contributed by atoms with Gasteiger partial charge in [0.1, 0.15) is 6.61 Å². The van der Waals surface area contributed by atoms with Crippen molar-refractivity contribution >= 4 is 12.1 Å². The summed E-state index contributed by atoms with van der Waals surface area (Å²) in [7, 11) is 0. The number of esters is 1. The van der Waals surface area contributed by atoms with E-state index in [4.69, 9.17) is 9.47 Å². The van der Waals surface area contributed by atoms with Crippen molar-refractivity contribution in [1.82, 2.24) is 4.90 Å². The van der Waals surface area contributed by atoms with E-state index in [0.29, 0.717) is 13.0 Å². The number of nitrogens with zero attached hydrogens (tertiary/aromatic N) is 1. The second-order valence-corrected chi connectivity index (χ2v) is 6.42. The summed E-state index contributed by atoms with van der Waals surface area (Å²) in [6.07, 6.45) is 0.483. The lowest BCUT2D eigenvalue weighted by molar-refractivity contribution is -0.206. The highest BCUT2D eigenvalue weighted by Gasteiger charge is 2.66. The van der Waals surface area contributed by atoms with Crippen molar-refractivity contribution in [3.8, 4) is 0 Å². The molecule has 5 heteroatoms. The Hall–Kier alpha value is -2.82. The van der Waals surface area contributed by atoms with Crippen molar-refractivity contribution in [3.05, 3.63) is 71.8 Å². The van der Waals surface area contributed by atoms with Gasteiger partial charge >= 0.3 is 12.1 Å². The molecule has 0 aromatic heterocycles. The van der Waals surface area contributed by atoms with E-state index in [2.05, 4.69) is 0 Å². The first kappa shape index (κ1) is 15.7. The normalized spacial score (nSPS) is 24.7. The number of cyclic esters (lactones) is 1. The highest BCUT2D eigenvalue weighted by Crippen LogP contribution is 2.50. The first-order valence-electron chi connectivity index (χ1n) is 8.46. The topological polar surface area (TPSA) is 55.8 Å². The number of carbonyl (C=O) groups excluding carboxylic acids is 2. The maximum atomic E-state index is 12.6. The molecule has 2 aromatic rings. The fourth-order valence-corrected chi connectivity index (χ4v) is 3.70. The molecule has 2 heterocycles. The molecule has 2 aliphatic rings. The third kappa shape index (κ3) is 2.56. The molecule has 128 valence electrons. The highest BCUT2D eigenvalue weighted by molar-refractivity contribution is 5.92. The van der Waals surface area contributed by atoms with E-state index >= 15 is 0 Å². The Morgan fingerprint density at radius 2 is 1.80 bits per heavy atom. The molecule has 2 saturated heterocycles. The molecule has 0 aliphatic carbocycles. The van der Waals surface area contributed by atoms with E-state index in [-0.39, 0.29) is 12.6 Å². The van der Waals surface area contributed by atoms with Gasteiger partial charge in [-0.25, -0.2) is 9.59 Å². The molecule has 0 N–H and O–H groups in total. The Morgan fingerprint density at radius 1 is 1.12 bits per heavy atom. The van der Waals surface area contributed by atoms with Gasteiger partial charge in [0.2, 0.25) is 0 Å². The lowest BCUT2D eigenvalue weighted by Crippen LogP contribution is -2.65. The quantitative estimate of drug-likeness (QED) is 0.805. The molecule has 0 unspecified atom stereocenters. The van der Waals surface area contributed by atoms with E-state index in [1.807, 2.05) is 60.7 Å². The first-order chi connectivity index (χ1) is 12.2. The summed E-state index contributed by atoms with van der Waals surface area (Å²) in [5.41, 5.74) is 0.902. The first-order valence-corrected chi connectivity index (χ1v) is 8.46. The number of benzene rings is 2. The van der Waals surface area contributed by atoms with Crippen LogP contribution in [0.5, 0.6) is 0 Å². The van der Waals surface area contributed by atoms with Crippen LogP contribution in [0.15, 0.2) is 60.7 Å². The van der Waals surface area contributed by atoms with Crippen LogP contribution in [-0.2, 0) is 20.9 Å².